The van der Waals surface area contributed by atoms with Gasteiger partial charge in [-0.1, -0.05) is 23.7 Å². The standard InChI is InChI=1S/C30H27ClF2N4O4/c31-26-27-21(17-23(33)28(26)36-11-9-34(10-12-36)20-7-5-19(32)6-8-20)29(38)22(30(39)40)18-37(27)25-4-2-1-3-24(25)35-13-15-41-16-14-35/h1-8,17-18H,9-16H2,(H,39,40). The van der Waals surface area contributed by atoms with Crippen molar-refractivity contribution in [1.29, 1.82) is 0 Å². The van der Waals surface area contributed by atoms with E-state index in [1.54, 1.807) is 16.7 Å². The van der Waals surface area contributed by atoms with E-state index in [1.807, 2.05) is 29.2 Å². The van der Waals surface area contributed by atoms with Gasteiger partial charge in [-0.3, -0.25) is 4.79 Å². The Morgan fingerprint density at radius 2 is 1.49 bits per heavy atom. The van der Waals surface area contributed by atoms with Crippen molar-refractivity contribution in [2.45, 2.75) is 0 Å². The fourth-order valence-corrected chi connectivity index (χ4v) is 6.02. The summed E-state index contributed by atoms with van der Waals surface area (Å²) in [5.41, 5.74) is 1.39. The molecular formula is C30H27ClF2N4O4. The van der Waals surface area contributed by atoms with Gasteiger partial charge in [0.1, 0.15) is 17.2 Å². The van der Waals surface area contributed by atoms with E-state index in [4.69, 9.17) is 16.3 Å². The third-order valence-electron chi connectivity index (χ3n) is 7.67. The van der Waals surface area contributed by atoms with Crippen molar-refractivity contribution in [2.75, 3.05) is 67.2 Å². The number of benzene rings is 3. The van der Waals surface area contributed by atoms with Gasteiger partial charge in [0.15, 0.2) is 0 Å². The Morgan fingerprint density at radius 1 is 0.854 bits per heavy atom. The molecule has 6 rings (SSSR count). The number of carbonyl (C=O) groups is 1. The smallest absolute Gasteiger partial charge is 0.341 e. The SMILES string of the molecule is O=C(O)c1cn(-c2ccccc2N2CCOCC2)c2c(Cl)c(N3CCN(c4ccc(F)cc4)CC3)c(F)cc2c1=O. The summed E-state index contributed by atoms with van der Waals surface area (Å²) >= 11 is 6.97. The zero-order chi connectivity index (χ0) is 28.7. The first-order valence-corrected chi connectivity index (χ1v) is 13.7. The maximum absolute atomic E-state index is 15.7. The number of pyridine rings is 1. The normalized spacial score (nSPS) is 15.9. The molecule has 0 amide bonds. The summed E-state index contributed by atoms with van der Waals surface area (Å²) in [6.45, 7) is 4.30. The Balaban J connectivity index is 1.47. The predicted octanol–water partition coefficient (Wildman–Crippen LogP) is 4.78. The number of morpholine rings is 1. The van der Waals surface area contributed by atoms with E-state index in [0.29, 0.717) is 58.2 Å². The molecule has 0 spiro atoms. The van der Waals surface area contributed by atoms with Crippen LogP contribution in [0.3, 0.4) is 0 Å². The number of rotatable bonds is 5. The molecule has 2 saturated heterocycles. The van der Waals surface area contributed by atoms with Gasteiger partial charge in [-0.15, -0.1) is 0 Å². The lowest BCUT2D eigenvalue weighted by Gasteiger charge is -2.38. The molecule has 4 aromatic rings. The molecule has 0 aliphatic carbocycles. The maximum atomic E-state index is 15.7. The summed E-state index contributed by atoms with van der Waals surface area (Å²) in [7, 11) is 0. The zero-order valence-electron chi connectivity index (χ0n) is 22.0. The van der Waals surface area contributed by atoms with E-state index in [2.05, 4.69) is 9.80 Å². The number of fused-ring (bicyclic) bond motifs is 1. The molecule has 0 saturated carbocycles. The first kappa shape index (κ1) is 27.0. The highest BCUT2D eigenvalue weighted by Crippen LogP contribution is 2.39. The number of piperazine rings is 1. The largest absolute Gasteiger partial charge is 0.477 e. The van der Waals surface area contributed by atoms with E-state index in [-0.39, 0.29) is 27.4 Å². The number of para-hydroxylation sites is 2. The molecule has 0 radical (unpaired) electrons. The Morgan fingerprint density at radius 3 is 2.15 bits per heavy atom. The molecule has 3 heterocycles. The van der Waals surface area contributed by atoms with Gasteiger partial charge in [0.25, 0.3) is 0 Å². The van der Waals surface area contributed by atoms with Gasteiger partial charge in [0.05, 0.1) is 46.2 Å². The highest BCUT2D eigenvalue weighted by Gasteiger charge is 2.28. The molecule has 41 heavy (non-hydrogen) atoms. The molecule has 8 nitrogen and oxygen atoms in total. The van der Waals surface area contributed by atoms with E-state index < -0.39 is 22.8 Å². The van der Waals surface area contributed by atoms with Crippen LogP contribution in [0, 0.1) is 11.6 Å². The Labute approximate surface area is 239 Å². The number of aromatic nitrogens is 1. The van der Waals surface area contributed by atoms with Crippen LogP contribution in [-0.4, -0.2) is 68.1 Å². The van der Waals surface area contributed by atoms with Crippen LogP contribution in [0.1, 0.15) is 10.4 Å². The minimum atomic E-state index is -1.41. The number of carboxylic acid groups (broad SMARTS) is 1. The fraction of sp³-hybridized carbons (Fsp3) is 0.267. The van der Waals surface area contributed by atoms with Gasteiger partial charge < -0.3 is 29.1 Å². The second-order valence-corrected chi connectivity index (χ2v) is 10.4. The maximum Gasteiger partial charge on any atom is 0.341 e. The summed E-state index contributed by atoms with van der Waals surface area (Å²) in [5, 5.41) is 9.76. The van der Waals surface area contributed by atoms with Gasteiger partial charge >= 0.3 is 5.97 Å². The summed E-state index contributed by atoms with van der Waals surface area (Å²) in [5.74, 6) is -2.43. The van der Waals surface area contributed by atoms with E-state index in [1.165, 1.54) is 18.3 Å². The van der Waals surface area contributed by atoms with Gasteiger partial charge in [0, 0.05) is 51.2 Å². The summed E-state index contributed by atoms with van der Waals surface area (Å²) in [4.78, 5) is 31.4. The van der Waals surface area contributed by atoms with E-state index >= 15 is 4.39 Å². The average Bonchev–Trinajstić information content (AvgIpc) is 2.99. The number of anilines is 3. The number of aromatic carboxylic acids is 1. The third kappa shape index (κ3) is 4.98. The van der Waals surface area contributed by atoms with Crippen molar-refractivity contribution in [1.82, 2.24) is 4.57 Å². The predicted molar refractivity (Wildman–Crippen MR) is 155 cm³/mol. The number of nitrogens with zero attached hydrogens (tertiary/aromatic N) is 4. The monoisotopic (exact) mass is 580 g/mol. The first-order valence-electron chi connectivity index (χ1n) is 13.3. The Kier molecular flexibility index (Phi) is 7.27. The molecule has 1 aromatic heterocycles. The lowest BCUT2D eigenvalue weighted by Crippen LogP contribution is -2.47. The second kappa shape index (κ2) is 11.0. The quantitative estimate of drug-likeness (QED) is 0.364. The third-order valence-corrected chi connectivity index (χ3v) is 8.03. The minimum Gasteiger partial charge on any atom is -0.477 e. The Hall–Kier alpha value is -4.15. The lowest BCUT2D eigenvalue weighted by molar-refractivity contribution is 0.0695. The fourth-order valence-electron chi connectivity index (χ4n) is 5.62. The molecule has 2 aliphatic rings. The number of hydrogen-bond acceptors (Lipinski definition) is 6. The van der Waals surface area contributed by atoms with Gasteiger partial charge in [-0.25, -0.2) is 13.6 Å². The molecule has 0 bridgehead atoms. The van der Waals surface area contributed by atoms with E-state index in [9.17, 15) is 19.1 Å². The van der Waals surface area contributed by atoms with Crippen molar-refractivity contribution in [2.24, 2.45) is 0 Å². The van der Waals surface area contributed by atoms with Crippen LogP contribution in [0.5, 0.6) is 0 Å². The molecular weight excluding hydrogens is 554 g/mol. The molecule has 3 aromatic carbocycles. The average molecular weight is 581 g/mol. The molecule has 0 unspecified atom stereocenters. The molecule has 11 heteroatoms. The number of hydrogen-bond donors (Lipinski definition) is 1. The van der Waals surface area contributed by atoms with Gasteiger partial charge in [0.2, 0.25) is 5.43 Å². The van der Waals surface area contributed by atoms with E-state index in [0.717, 1.165) is 17.4 Å². The van der Waals surface area contributed by atoms with Crippen LogP contribution >= 0.6 is 11.6 Å². The van der Waals surface area contributed by atoms with Crippen LogP contribution in [0.15, 0.2) is 65.6 Å². The van der Waals surface area contributed by atoms with Crippen LogP contribution in [0.4, 0.5) is 25.8 Å². The summed E-state index contributed by atoms with van der Waals surface area (Å²) < 4.78 is 36.2. The van der Waals surface area contributed by atoms with Crippen LogP contribution in [0.25, 0.3) is 16.6 Å². The van der Waals surface area contributed by atoms with Crippen LogP contribution < -0.4 is 20.1 Å². The van der Waals surface area contributed by atoms with Crippen molar-refractivity contribution in [3.63, 3.8) is 0 Å². The topological polar surface area (TPSA) is 78.2 Å². The number of carboxylic acids is 1. The van der Waals surface area contributed by atoms with Crippen molar-refractivity contribution < 1.29 is 23.4 Å². The highest BCUT2D eigenvalue weighted by atomic mass is 35.5. The number of ether oxygens (including phenoxy) is 1. The molecule has 212 valence electrons. The minimum absolute atomic E-state index is 0.0288. The zero-order valence-corrected chi connectivity index (χ0v) is 22.8. The van der Waals surface area contributed by atoms with Gasteiger partial charge in [-0.2, -0.15) is 0 Å². The molecule has 2 aliphatic heterocycles. The second-order valence-electron chi connectivity index (χ2n) is 10.0. The molecule has 2 fully saturated rings. The lowest BCUT2D eigenvalue weighted by atomic mass is 10.1. The van der Waals surface area contributed by atoms with Gasteiger partial charge in [-0.05, 0) is 42.5 Å². The van der Waals surface area contributed by atoms with Crippen molar-refractivity contribution in [3.05, 3.63) is 93.2 Å². The molecule has 1 N–H and O–H groups in total. The molecule has 0 atom stereocenters. The van der Waals surface area contributed by atoms with Crippen molar-refractivity contribution >= 4 is 45.5 Å². The van der Waals surface area contributed by atoms with Crippen molar-refractivity contribution in [3.8, 4) is 5.69 Å². The van der Waals surface area contributed by atoms with Crippen LogP contribution in [0.2, 0.25) is 5.02 Å². The summed E-state index contributed by atoms with van der Waals surface area (Å²) in [6, 6.07) is 14.7. The summed E-state index contributed by atoms with van der Waals surface area (Å²) in [6.07, 6.45) is 1.27. The van der Waals surface area contributed by atoms with Crippen LogP contribution in [-0.2, 0) is 4.74 Å². The Bertz CT molecular complexity index is 1680. The highest BCUT2D eigenvalue weighted by molar-refractivity contribution is 6.38. The first-order chi connectivity index (χ1) is 19.8. The number of halogens is 3.